The van der Waals surface area contributed by atoms with Gasteiger partial charge in [-0.3, -0.25) is 9.98 Å². The van der Waals surface area contributed by atoms with Gasteiger partial charge in [0, 0.05) is 16.7 Å². The van der Waals surface area contributed by atoms with Gasteiger partial charge < -0.3 is 0 Å². The normalized spacial score (nSPS) is 14.4. The van der Waals surface area contributed by atoms with Crippen LogP contribution in [0.25, 0.3) is 0 Å². The van der Waals surface area contributed by atoms with Gasteiger partial charge in [-0.1, -0.05) is 78.9 Å². The van der Waals surface area contributed by atoms with Crippen LogP contribution < -0.4 is 0 Å². The Balaban J connectivity index is 1.85. The molecule has 116 valence electrons. The van der Waals surface area contributed by atoms with Crippen LogP contribution in [0.4, 0.5) is 4.39 Å². The third-order valence-electron chi connectivity index (χ3n) is 4.00. The highest BCUT2D eigenvalue weighted by Crippen LogP contribution is 2.29. The van der Waals surface area contributed by atoms with Crippen molar-refractivity contribution in [2.24, 2.45) is 9.98 Å². The maximum absolute atomic E-state index is 14.2. The molecule has 24 heavy (non-hydrogen) atoms. The van der Waals surface area contributed by atoms with Crippen molar-refractivity contribution in [3.63, 3.8) is 0 Å². The summed E-state index contributed by atoms with van der Waals surface area (Å²) in [5.41, 5.74) is 4.07. The minimum Gasteiger partial charge on any atom is -0.251 e. The summed E-state index contributed by atoms with van der Waals surface area (Å²) in [7, 11) is 0. The van der Waals surface area contributed by atoms with Gasteiger partial charge in [0.25, 0.3) is 0 Å². The van der Waals surface area contributed by atoms with E-state index in [2.05, 4.69) is 0 Å². The van der Waals surface area contributed by atoms with Gasteiger partial charge in [0.2, 0.25) is 0 Å². The summed E-state index contributed by atoms with van der Waals surface area (Å²) in [6.07, 6.45) is -0.545. The third-order valence-corrected chi connectivity index (χ3v) is 4.00. The summed E-state index contributed by atoms with van der Waals surface area (Å²) < 4.78 is 14.2. The van der Waals surface area contributed by atoms with E-state index in [1.807, 2.05) is 66.7 Å². The molecule has 0 saturated carbocycles. The summed E-state index contributed by atoms with van der Waals surface area (Å²) in [6.45, 7) is 0. The zero-order valence-corrected chi connectivity index (χ0v) is 12.9. The van der Waals surface area contributed by atoms with Gasteiger partial charge in [-0.15, -0.1) is 0 Å². The van der Waals surface area contributed by atoms with Gasteiger partial charge in [-0.25, -0.2) is 4.39 Å². The zero-order chi connectivity index (χ0) is 16.4. The SMILES string of the molecule is Fc1ccccc1C1N=C(c2ccccc2)C(c2ccccc2)=N1. The first kappa shape index (κ1) is 14.5. The molecule has 0 aliphatic carbocycles. The summed E-state index contributed by atoms with van der Waals surface area (Å²) in [5, 5.41) is 0. The van der Waals surface area contributed by atoms with E-state index in [-0.39, 0.29) is 5.82 Å². The number of rotatable bonds is 3. The maximum atomic E-state index is 14.2. The highest BCUT2D eigenvalue weighted by atomic mass is 19.1. The minimum absolute atomic E-state index is 0.281. The molecule has 0 N–H and O–H groups in total. The standard InChI is InChI=1S/C21H15FN2/c22-18-14-8-7-13-17(18)21-23-19(15-9-3-1-4-10-15)20(24-21)16-11-5-2-6-12-16/h1-14,21H. The fourth-order valence-electron chi connectivity index (χ4n) is 2.83. The topological polar surface area (TPSA) is 24.7 Å². The van der Waals surface area contributed by atoms with Crippen LogP contribution in [0, 0.1) is 5.82 Å². The van der Waals surface area contributed by atoms with Crippen LogP contribution in [0.1, 0.15) is 22.9 Å². The average molecular weight is 314 g/mol. The van der Waals surface area contributed by atoms with Crippen LogP contribution in [-0.2, 0) is 0 Å². The molecule has 0 unspecified atom stereocenters. The number of hydrogen-bond acceptors (Lipinski definition) is 2. The van der Waals surface area contributed by atoms with E-state index in [4.69, 9.17) is 9.98 Å². The molecular formula is C21H15FN2. The Morgan fingerprint density at radius 3 is 1.54 bits per heavy atom. The molecule has 0 radical (unpaired) electrons. The highest BCUT2D eigenvalue weighted by molar-refractivity contribution is 6.54. The third kappa shape index (κ3) is 2.65. The number of aliphatic imine (C=N–C) groups is 2. The molecule has 1 aliphatic heterocycles. The summed E-state index contributed by atoms with van der Waals surface area (Å²) in [4.78, 5) is 9.44. The Hall–Kier alpha value is -3.07. The van der Waals surface area contributed by atoms with Crippen LogP contribution in [0.5, 0.6) is 0 Å². The fraction of sp³-hybridized carbons (Fsp3) is 0.0476. The first-order valence-electron chi connectivity index (χ1n) is 7.84. The van der Waals surface area contributed by atoms with Crippen molar-refractivity contribution in [2.45, 2.75) is 6.17 Å². The molecule has 0 bridgehead atoms. The minimum atomic E-state index is -0.545. The quantitative estimate of drug-likeness (QED) is 0.662. The fourth-order valence-corrected chi connectivity index (χ4v) is 2.83. The van der Waals surface area contributed by atoms with Crippen molar-refractivity contribution < 1.29 is 4.39 Å². The maximum Gasteiger partial charge on any atom is 0.169 e. The Labute approximate surface area is 140 Å². The summed E-state index contributed by atoms with van der Waals surface area (Å²) >= 11 is 0. The van der Waals surface area contributed by atoms with E-state index in [9.17, 15) is 4.39 Å². The molecule has 2 nitrogen and oxygen atoms in total. The molecule has 0 atom stereocenters. The van der Waals surface area contributed by atoms with Gasteiger partial charge in [0.1, 0.15) is 5.82 Å². The Morgan fingerprint density at radius 2 is 1.04 bits per heavy atom. The van der Waals surface area contributed by atoms with E-state index < -0.39 is 6.17 Å². The van der Waals surface area contributed by atoms with E-state index in [0.717, 1.165) is 22.6 Å². The Bertz CT molecular complexity index is 859. The van der Waals surface area contributed by atoms with Gasteiger partial charge in [0.05, 0.1) is 11.4 Å². The van der Waals surface area contributed by atoms with Crippen LogP contribution in [-0.4, -0.2) is 11.4 Å². The van der Waals surface area contributed by atoms with Crippen molar-refractivity contribution in [1.82, 2.24) is 0 Å². The molecule has 1 aliphatic rings. The van der Waals surface area contributed by atoms with Gasteiger partial charge >= 0.3 is 0 Å². The second-order valence-electron chi connectivity index (χ2n) is 5.58. The Kier molecular flexibility index (Phi) is 3.75. The second kappa shape index (κ2) is 6.20. The lowest BCUT2D eigenvalue weighted by Crippen LogP contribution is -2.13. The van der Waals surface area contributed by atoms with Gasteiger partial charge in [-0.05, 0) is 6.07 Å². The number of hydrogen-bond donors (Lipinski definition) is 0. The molecule has 0 fully saturated rings. The van der Waals surface area contributed by atoms with Gasteiger partial charge in [-0.2, -0.15) is 0 Å². The molecule has 0 saturated heterocycles. The van der Waals surface area contributed by atoms with Gasteiger partial charge in [0.15, 0.2) is 6.17 Å². The van der Waals surface area contributed by atoms with Crippen molar-refractivity contribution in [1.29, 1.82) is 0 Å². The summed E-state index contributed by atoms with van der Waals surface area (Å²) in [6, 6.07) is 26.5. The molecule has 0 aromatic heterocycles. The smallest absolute Gasteiger partial charge is 0.169 e. The van der Waals surface area contributed by atoms with Crippen molar-refractivity contribution in [3.8, 4) is 0 Å². The predicted molar refractivity (Wildman–Crippen MR) is 95.1 cm³/mol. The predicted octanol–water partition coefficient (Wildman–Crippen LogP) is 4.82. The molecule has 0 spiro atoms. The molecule has 3 heteroatoms. The lowest BCUT2D eigenvalue weighted by atomic mass is 10.0. The first-order chi connectivity index (χ1) is 11.8. The van der Waals surface area contributed by atoms with Crippen LogP contribution in [0.15, 0.2) is 94.9 Å². The van der Waals surface area contributed by atoms with E-state index in [1.165, 1.54) is 6.07 Å². The number of halogens is 1. The molecule has 3 aromatic rings. The van der Waals surface area contributed by atoms with Crippen LogP contribution in [0.2, 0.25) is 0 Å². The highest BCUT2D eigenvalue weighted by Gasteiger charge is 2.26. The van der Waals surface area contributed by atoms with Crippen molar-refractivity contribution >= 4 is 11.4 Å². The lowest BCUT2D eigenvalue weighted by molar-refractivity contribution is 0.591. The van der Waals surface area contributed by atoms with Crippen LogP contribution >= 0.6 is 0 Å². The molecule has 1 heterocycles. The second-order valence-corrected chi connectivity index (χ2v) is 5.58. The number of benzene rings is 3. The van der Waals surface area contributed by atoms with E-state index in [0.29, 0.717) is 5.56 Å². The molecule has 0 amide bonds. The van der Waals surface area contributed by atoms with Crippen LogP contribution in [0.3, 0.4) is 0 Å². The van der Waals surface area contributed by atoms with Crippen molar-refractivity contribution in [3.05, 3.63) is 107 Å². The molecule has 3 aromatic carbocycles. The molecule has 4 rings (SSSR count). The van der Waals surface area contributed by atoms with E-state index in [1.54, 1.807) is 12.1 Å². The first-order valence-corrected chi connectivity index (χ1v) is 7.84. The lowest BCUT2D eigenvalue weighted by Gasteiger charge is -2.05. The molecular weight excluding hydrogens is 299 g/mol. The largest absolute Gasteiger partial charge is 0.251 e. The monoisotopic (exact) mass is 314 g/mol. The summed E-state index contributed by atoms with van der Waals surface area (Å²) in [5.74, 6) is -0.281. The van der Waals surface area contributed by atoms with Crippen molar-refractivity contribution in [2.75, 3.05) is 0 Å². The average Bonchev–Trinajstić information content (AvgIpc) is 3.09. The Morgan fingerprint density at radius 1 is 0.583 bits per heavy atom. The van der Waals surface area contributed by atoms with E-state index >= 15 is 0 Å². The zero-order valence-electron chi connectivity index (χ0n) is 12.9. The number of nitrogens with zero attached hydrogens (tertiary/aromatic N) is 2.